The summed E-state index contributed by atoms with van der Waals surface area (Å²) >= 11 is 0. The Bertz CT molecular complexity index is 1370. The van der Waals surface area contributed by atoms with Gasteiger partial charge in [0.2, 0.25) is 0 Å². The van der Waals surface area contributed by atoms with Gasteiger partial charge in [0.1, 0.15) is 5.82 Å². The summed E-state index contributed by atoms with van der Waals surface area (Å²) in [6.07, 6.45) is 5.57. The molecule has 5 heterocycles. The first kappa shape index (κ1) is 26.3. The minimum absolute atomic E-state index is 0.108. The van der Waals surface area contributed by atoms with Gasteiger partial charge in [0, 0.05) is 44.5 Å². The molecule has 2 N–H and O–H groups in total. The number of likely N-dealkylation sites (tertiary alicyclic amines) is 1. The summed E-state index contributed by atoms with van der Waals surface area (Å²) < 4.78 is 13.5. The summed E-state index contributed by atoms with van der Waals surface area (Å²) in [6, 6.07) is 7.35. The van der Waals surface area contributed by atoms with E-state index in [2.05, 4.69) is 15.5 Å². The van der Waals surface area contributed by atoms with Crippen molar-refractivity contribution >= 4 is 34.7 Å². The van der Waals surface area contributed by atoms with Crippen LogP contribution in [-0.4, -0.2) is 88.3 Å². The lowest BCUT2D eigenvalue weighted by molar-refractivity contribution is 0.0303. The average molecular weight is 549 g/mol. The number of rotatable bonds is 5. The van der Waals surface area contributed by atoms with Crippen LogP contribution in [0.15, 0.2) is 30.5 Å². The van der Waals surface area contributed by atoms with Crippen molar-refractivity contribution in [3.8, 4) is 11.4 Å². The van der Waals surface area contributed by atoms with E-state index in [1.54, 1.807) is 11.9 Å². The topological polar surface area (TPSA) is 127 Å². The van der Waals surface area contributed by atoms with Gasteiger partial charge in [-0.3, -0.25) is 0 Å². The second kappa shape index (κ2) is 10.9. The third kappa shape index (κ3) is 5.27. The molecule has 3 aliphatic rings. The second-order valence-corrected chi connectivity index (χ2v) is 11.0. The number of amides is 3. The molecule has 2 aromatic heterocycles. The first-order valence-electron chi connectivity index (χ1n) is 14.1. The van der Waals surface area contributed by atoms with E-state index in [0.717, 1.165) is 61.2 Å². The van der Waals surface area contributed by atoms with Crippen LogP contribution in [0.3, 0.4) is 0 Å². The number of aromatic nitrogens is 4. The standard InChI is InChI=1S/C28H36N8O4/c1-17(2)39-28(38)34-12-10-20(11-13-34)36-26-23(14-30-36)25(35-15-21-8-9-22(16-35)40-21)32-24(33-26)18-4-6-19(7-5-18)31-27(37)29-3/h4-7,14,17,20-22H,8-13,15-16H2,1-3H3,(H2,29,31,37). The number of anilines is 2. The van der Waals surface area contributed by atoms with Crippen LogP contribution in [0.25, 0.3) is 22.4 Å². The number of hydrogen-bond acceptors (Lipinski definition) is 8. The lowest BCUT2D eigenvalue weighted by Crippen LogP contribution is -2.43. The predicted molar refractivity (Wildman–Crippen MR) is 150 cm³/mol. The zero-order chi connectivity index (χ0) is 27.8. The number of carbonyl (C=O) groups excluding carboxylic acids is 2. The number of carbonyl (C=O) groups is 2. The number of nitrogens with zero attached hydrogens (tertiary/aromatic N) is 6. The molecule has 2 bridgehead atoms. The first-order valence-corrected chi connectivity index (χ1v) is 14.1. The van der Waals surface area contributed by atoms with Crippen molar-refractivity contribution in [2.75, 3.05) is 43.4 Å². The fourth-order valence-electron chi connectivity index (χ4n) is 5.80. The maximum atomic E-state index is 12.4. The number of piperidine rings is 1. The van der Waals surface area contributed by atoms with Crippen molar-refractivity contribution in [1.82, 2.24) is 30.0 Å². The van der Waals surface area contributed by atoms with Gasteiger partial charge in [-0.1, -0.05) is 0 Å². The SMILES string of the molecule is CNC(=O)Nc1ccc(-c2nc(N3CC4CCC(C3)O4)c3cnn(C4CCN(C(=O)OC(C)C)CC4)c3n2)cc1. The minimum Gasteiger partial charge on any atom is -0.447 e. The summed E-state index contributed by atoms with van der Waals surface area (Å²) in [5, 5.41) is 11.1. The average Bonchev–Trinajstić information content (AvgIpc) is 3.54. The summed E-state index contributed by atoms with van der Waals surface area (Å²) in [7, 11) is 1.58. The van der Waals surface area contributed by atoms with E-state index in [4.69, 9.17) is 24.5 Å². The molecule has 3 saturated heterocycles. The third-order valence-corrected chi connectivity index (χ3v) is 7.81. The molecule has 3 aliphatic heterocycles. The predicted octanol–water partition coefficient (Wildman–Crippen LogP) is 3.79. The van der Waals surface area contributed by atoms with Crippen LogP contribution in [0.5, 0.6) is 0 Å². The second-order valence-electron chi connectivity index (χ2n) is 11.0. The van der Waals surface area contributed by atoms with E-state index >= 15 is 0 Å². The highest BCUT2D eigenvalue weighted by molar-refractivity contribution is 5.90. The maximum Gasteiger partial charge on any atom is 0.410 e. The molecule has 0 radical (unpaired) electrons. The first-order chi connectivity index (χ1) is 19.4. The van der Waals surface area contributed by atoms with E-state index in [0.29, 0.717) is 24.6 Å². The molecule has 3 aromatic rings. The molecule has 1 aromatic carbocycles. The Morgan fingerprint density at radius 3 is 2.38 bits per heavy atom. The van der Waals surface area contributed by atoms with Gasteiger partial charge in [0.25, 0.3) is 0 Å². The van der Waals surface area contributed by atoms with Crippen LogP contribution in [0.1, 0.15) is 45.6 Å². The summed E-state index contributed by atoms with van der Waals surface area (Å²) in [4.78, 5) is 38.3. The monoisotopic (exact) mass is 548 g/mol. The number of urea groups is 1. The Balaban J connectivity index is 1.32. The molecule has 0 saturated carbocycles. The molecular formula is C28H36N8O4. The Labute approximate surface area is 233 Å². The lowest BCUT2D eigenvalue weighted by Gasteiger charge is -2.33. The van der Waals surface area contributed by atoms with Gasteiger partial charge in [0.05, 0.1) is 35.9 Å². The molecule has 2 atom stereocenters. The summed E-state index contributed by atoms with van der Waals surface area (Å²) in [5.74, 6) is 1.48. The Kier molecular flexibility index (Phi) is 7.18. The van der Waals surface area contributed by atoms with Crippen LogP contribution in [0.2, 0.25) is 0 Å². The molecular weight excluding hydrogens is 512 g/mol. The molecule has 40 heavy (non-hydrogen) atoms. The van der Waals surface area contributed by atoms with Crippen LogP contribution < -0.4 is 15.5 Å². The number of fused-ring (bicyclic) bond motifs is 3. The van der Waals surface area contributed by atoms with Gasteiger partial charge in [-0.2, -0.15) is 5.10 Å². The molecule has 0 spiro atoms. The van der Waals surface area contributed by atoms with Crippen LogP contribution in [0.4, 0.5) is 21.1 Å². The van der Waals surface area contributed by atoms with Crippen molar-refractivity contribution in [3.05, 3.63) is 30.5 Å². The Hall–Kier alpha value is -3.93. The van der Waals surface area contributed by atoms with Gasteiger partial charge in [-0.15, -0.1) is 0 Å². The zero-order valence-electron chi connectivity index (χ0n) is 23.2. The highest BCUT2D eigenvalue weighted by Crippen LogP contribution is 2.35. The van der Waals surface area contributed by atoms with Gasteiger partial charge >= 0.3 is 12.1 Å². The maximum absolute atomic E-state index is 12.4. The fraction of sp³-hybridized carbons (Fsp3) is 0.536. The minimum atomic E-state index is -0.276. The Morgan fingerprint density at radius 2 is 1.73 bits per heavy atom. The van der Waals surface area contributed by atoms with Crippen LogP contribution >= 0.6 is 0 Å². The highest BCUT2D eigenvalue weighted by Gasteiger charge is 2.36. The number of hydrogen-bond donors (Lipinski definition) is 2. The van der Waals surface area contributed by atoms with Crippen molar-refractivity contribution in [2.24, 2.45) is 0 Å². The highest BCUT2D eigenvalue weighted by atomic mass is 16.6. The lowest BCUT2D eigenvalue weighted by atomic mass is 10.1. The quantitative estimate of drug-likeness (QED) is 0.493. The normalized spacial score (nSPS) is 21.2. The molecule has 0 aliphatic carbocycles. The molecule has 3 amide bonds. The largest absolute Gasteiger partial charge is 0.447 e. The van der Waals surface area contributed by atoms with Gasteiger partial charge < -0.3 is 29.9 Å². The summed E-state index contributed by atoms with van der Waals surface area (Å²) in [6.45, 7) is 6.52. The Morgan fingerprint density at radius 1 is 1.02 bits per heavy atom. The number of nitrogens with one attached hydrogen (secondary N) is 2. The van der Waals surface area contributed by atoms with E-state index in [-0.39, 0.29) is 36.5 Å². The van der Waals surface area contributed by atoms with Crippen molar-refractivity contribution in [3.63, 3.8) is 0 Å². The molecule has 212 valence electrons. The van der Waals surface area contributed by atoms with Crippen LogP contribution in [-0.2, 0) is 9.47 Å². The molecule has 12 heteroatoms. The van der Waals surface area contributed by atoms with E-state index < -0.39 is 0 Å². The number of ether oxygens (including phenoxy) is 2. The van der Waals surface area contributed by atoms with Crippen LogP contribution in [0, 0.1) is 0 Å². The summed E-state index contributed by atoms with van der Waals surface area (Å²) in [5.41, 5.74) is 2.32. The smallest absolute Gasteiger partial charge is 0.410 e. The van der Waals surface area contributed by atoms with Gasteiger partial charge in [-0.05, 0) is 63.8 Å². The zero-order valence-corrected chi connectivity index (χ0v) is 23.2. The number of morpholine rings is 1. The van der Waals surface area contributed by atoms with E-state index in [9.17, 15) is 9.59 Å². The third-order valence-electron chi connectivity index (χ3n) is 7.81. The van der Waals surface area contributed by atoms with Gasteiger partial charge in [0.15, 0.2) is 11.5 Å². The van der Waals surface area contributed by atoms with Crippen molar-refractivity contribution < 1.29 is 19.1 Å². The molecule has 3 fully saturated rings. The molecule has 6 rings (SSSR count). The molecule has 12 nitrogen and oxygen atoms in total. The van der Waals surface area contributed by atoms with Crippen molar-refractivity contribution in [1.29, 1.82) is 0 Å². The van der Waals surface area contributed by atoms with Crippen molar-refractivity contribution in [2.45, 2.75) is 63.9 Å². The van der Waals surface area contributed by atoms with E-state index in [1.165, 1.54) is 0 Å². The van der Waals surface area contributed by atoms with E-state index in [1.807, 2.05) is 49.0 Å². The van der Waals surface area contributed by atoms with Gasteiger partial charge in [-0.25, -0.2) is 24.2 Å². The number of benzene rings is 1. The molecule has 2 unspecified atom stereocenters. The fourth-order valence-corrected chi connectivity index (χ4v) is 5.80.